The molecule has 33 heavy (non-hydrogen) atoms. The molecule has 1 aromatic heterocycles. The van der Waals surface area contributed by atoms with Crippen molar-refractivity contribution in [3.63, 3.8) is 0 Å². The molecule has 0 unspecified atom stereocenters. The van der Waals surface area contributed by atoms with E-state index in [0.29, 0.717) is 32.9 Å². The van der Waals surface area contributed by atoms with Crippen LogP contribution in [-0.4, -0.2) is 41.5 Å². The molecule has 3 aromatic rings. The minimum absolute atomic E-state index is 0.0906. The van der Waals surface area contributed by atoms with Crippen LogP contribution < -0.4 is 9.47 Å². The summed E-state index contributed by atoms with van der Waals surface area (Å²) in [6.45, 7) is 0.210. The van der Waals surface area contributed by atoms with Crippen molar-refractivity contribution in [2.45, 2.75) is 6.54 Å². The number of phenolic OH excluding ortho intramolecular Hbond substituents is 1. The molecule has 1 aliphatic heterocycles. The number of carbonyl (C=O) groups is 1. The average Bonchev–Trinajstić information content (AvgIpc) is 3.44. The van der Waals surface area contributed by atoms with Gasteiger partial charge in [-0.2, -0.15) is 5.10 Å². The maximum absolute atomic E-state index is 13.1. The lowest BCUT2D eigenvalue weighted by molar-refractivity contribution is -0.122. The number of nitrogens with zero attached hydrogens (tertiary/aromatic N) is 3. The third kappa shape index (κ3) is 5.09. The van der Waals surface area contributed by atoms with Crippen LogP contribution >= 0.6 is 11.8 Å². The Morgan fingerprint density at radius 1 is 1.09 bits per heavy atom. The standard InChI is InChI=1S/C24H21N3O5S/c1-30-20-10-9-16(12-21(20)31-2)14-25-26-24-27(15-18-7-5-11-32-18)23(29)22(33-24)13-17-6-3-4-8-19(17)28/h3-14,28H,15H2,1-2H3/b22-13-,25-14+,26-24-. The Morgan fingerprint density at radius 3 is 2.64 bits per heavy atom. The van der Waals surface area contributed by atoms with Crippen molar-refractivity contribution in [2.75, 3.05) is 14.2 Å². The van der Waals surface area contributed by atoms with Gasteiger partial charge in [-0.25, -0.2) is 0 Å². The van der Waals surface area contributed by atoms with Crippen LogP contribution in [-0.2, 0) is 11.3 Å². The summed E-state index contributed by atoms with van der Waals surface area (Å²) in [6.07, 6.45) is 4.75. The second kappa shape index (κ2) is 10.1. The Hall–Kier alpha value is -3.98. The van der Waals surface area contributed by atoms with Crippen LogP contribution in [0.5, 0.6) is 17.2 Å². The number of para-hydroxylation sites is 1. The van der Waals surface area contributed by atoms with Gasteiger partial charge in [-0.15, -0.1) is 5.10 Å². The molecule has 0 atom stereocenters. The van der Waals surface area contributed by atoms with Gasteiger partial charge in [0.15, 0.2) is 16.7 Å². The number of amidine groups is 1. The van der Waals surface area contributed by atoms with Gasteiger partial charge in [0.1, 0.15) is 11.5 Å². The van der Waals surface area contributed by atoms with E-state index in [1.165, 1.54) is 16.7 Å². The fourth-order valence-electron chi connectivity index (χ4n) is 3.11. The smallest absolute Gasteiger partial charge is 0.267 e. The van der Waals surface area contributed by atoms with Crippen LogP contribution in [0.2, 0.25) is 0 Å². The third-order valence-corrected chi connectivity index (χ3v) is 5.76. The predicted molar refractivity (Wildman–Crippen MR) is 128 cm³/mol. The summed E-state index contributed by atoms with van der Waals surface area (Å²) < 4.78 is 16.0. The van der Waals surface area contributed by atoms with E-state index in [1.807, 2.05) is 6.07 Å². The zero-order valence-corrected chi connectivity index (χ0v) is 18.8. The maximum Gasteiger partial charge on any atom is 0.267 e. The number of thioether (sulfide) groups is 1. The minimum Gasteiger partial charge on any atom is -0.507 e. The molecule has 0 spiro atoms. The van der Waals surface area contributed by atoms with E-state index in [2.05, 4.69) is 10.2 Å². The lowest BCUT2D eigenvalue weighted by Crippen LogP contribution is -2.28. The molecule has 8 nitrogen and oxygen atoms in total. The number of hydrogen-bond donors (Lipinski definition) is 1. The van der Waals surface area contributed by atoms with E-state index < -0.39 is 0 Å². The first kappa shape index (κ1) is 22.2. The summed E-state index contributed by atoms with van der Waals surface area (Å²) >= 11 is 1.18. The molecule has 0 aliphatic carbocycles. The topological polar surface area (TPSA) is 96.9 Å². The summed E-state index contributed by atoms with van der Waals surface area (Å²) in [5, 5.41) is 18.9. The molecular weight excluding hydrogens is 442 g/mol. The molecular formula is C24H21N3O5S. The van der Waals surface area contributed by atoms with Gasteiger partial charge in [-0.05, 0) is 59.8 Å². The highest BCUT2D eigenvalue weighted by Gasteiger charge is 2.34. The highest BCUT2D eigenvalue weighted by atomic mass is 32.2. The predicted octanol–water partition coefficient (Wildman–Crippen LogP) is 4.51. The second-order valence-electron chi connectivity index (χ2n) is 6.88. The number of benzene rings is 2. The monoisotopic (exact) mass is 463 g/mol. The van der Waals surface area contributed by atoms with E-state index >= 15 is 0 Å². The number of methoxy groups -OCH3 is 2. The van der Waals surface area contributed by atoms with E-state index in [-0.39, 0.29) is 18.2 Å². The van der Waals surface area contributed by atoms with Gasteiger partial charge < -0.3 is 19.0 Å². The molecule has 1 fully saturated rings. The van der Waals surface area contributed by atoms with E-state index in [4.69, 9.17) is 13.9 Å². The Labute approximate surface area is 194 Å². The van der Waals surface area contributed by atoms with Crippen molar-refractivity contribution >= 4 is 35.1 Å². The second-order valence-corrected chi connectivity index (χ2v) is 7.89. The molecule has 1 N–H and O–H groups in total. The molecule has 0 bridgehead atoms. The van der Waals surface area contributed by atoms with Gasteiger partial charge >= 0.3 is 0 Å². The number of rotatable bonds is 7. The van der Waals surface area contributed by atoms with Crippen LogP contribution in [0.3, 0.4) is 0 Å². The van der Waals surface area contributed by atoms with Crippen LogP contribution in [0.1, 0.15) is 16.9 Å². The molecule has 1 saturated heterocycles. The lowest BCUT2D eigenvalue weighted by atomic mass is 10.2. The quantitative estimate of drug-likeness (QED) is 0.315. The highest BCUT2D eigenvalue weighted by molar-refractivity contribution is 8.18. The summed E-state index contributed by atoms with van der Waals surface area (Å²) in [5.41, 5.74) is 1.30. The molecule has 9 heteroatoms. The van der Waals surface area contributed by atoms with Crippen molar-refractivity contribution in [1.29, 1.82) is 0 Å². The summed E-state index contributed by atoms with van der Waals surface area (Å²) in [4.78, 5) is 15.0. The van der Waals surface area contributed by atoms with Crippen LogP contribution in [0, 0.1) is 0 Å². The first-order chi connectivity index (χ1) is 16.1. The minimum atomic E-state index is -0.250. The summed E-state index contributed by atoms with van der Waals surface area (Å²) in [6, 6.07) is 15.7. The largest absolute Gasteiger partial charge is 0.507 e. The number of aromatic hydroxyl groups is 1. The van der Waals surface area contributed by atoms with Gasteiger partial charge in [0.05, 0.1) is 38.1 Å². The number of phenols is 1. The number of furan rings is 1. The zero-order chi connectivity index (χ0) is 23.2. The molecule has 0 radical (unpaired) electrons. The SMILES string of the molecule is COc1ccc(/C=N/N=C2\S/C(=C\c3ccccc3O)C(=O)N2Cc2ccco2)cc1OC. The molecule has 1 amide bonds. The molecule has 0 saturated carbocycles. The fraction of sp³-hybridized carbons (Fsp3) is 0.125. The van der Waals surface area contributed by atoms with Crippen molar-refractivity contribution in [3.8, 4) is 17.2 Å². The van der Waals surface area contributed by atoms with Gasteiger partial charge in [-0.3, -0.25) is 9.69 Å². The van der Waals surface area contributed by atoms with Gasteiger partial charge in [0.25, 0.3) is 5.91 Å². The molecule has 2 aromatic carbocycles. The molecule has 2 heterocycles. The zero-order valence-electron chi connectivity index (χ0n) is 18.0. The lowest BCUT2D eigenvalue weighted by Gasteiger charge is -2.12. The number of amides is 1. The fourth-order valence-corrected chi connectivity index (χ4v) is 4.03. The maximum atomic E-state index is 13.1. The highest BCUT2D eigenvalue weighted by Crippen LogP contribution is 2.35. The molecule has 4 rings (SSSR count). The van der Waals surface area contributed by atoms with Crippen LogP contribution in [0.4, 0.5) is 0 Å². The van der Waals surface area contributed by atoms with Crippen molar-refractivity contribution in [1.82, 2.24) is 4.90 Å². The van der Waals surface area contributed by atoms with E-state index in [1.54, 1.807) is 81.3 Å². The van der Waals surface area contributed by atoms with Gasteiger partial charge in [0, 0.05) is 5.56 Å². The average molecular weight is 464 g/mol. The Balaban J connectivity index is 1.62. The van der Waals surface area contributed by atoms with E-state index in [0.717, 1.165) is 5.56 Å². The summed E-state index contributed by atoms with van der Waals surface area (Å²) in [5.74, 6) is 1.64. The Morgan fingerprint density at radius 2 is 1.91 bits per heavy atom. The molecule has 1 aliphatic rings. The van der Waals surface area contributed by atoms with Gasteiger partial charge in [0.2, 0.25) is 0 Å². The normalized spacial score (nSPS) is 16.3. The first-order valence-corrected chi connectivity index (χ1v) is 10.8. The van der Waals surface area contributed by atoms with Gasteiger partial charge in [-0.1, -0.05) is 18.2 Å². The van der Waals surface area contributed by atoms with Crippen molar-refractivity contribution in [3.05, 3.63) is 82.7 Å². The van der Waals surface area contributed by atoms with E-state index in [9.17, 15) is 9.90 Å². The van der Waals surface area contributed by atoms with Crippen LogP contribution in [0.25, 0.3) is 6.08 Å². The first-order valence-electron chi connectivity index (χ1n) is 9.94. The molecule has 168 valence electrons. The summed E-state index contributed by atoms with van der Waals surface area (Å²) in [7, 11) is 3.13. The number of carbonyl (C=O) groups excluding carboxylic acids is 1. The number of ether oxygens (including phenoxy) is 2. The van der Waals surface area contributed by atoms with Crippen molar-refractivity contribution < 1.29 is 23.8 Å². The van der Waals surface area contributed by atoms with Crippen LogP contribution in [0.15, 0.2) is 80.4 Å². The van der Waals surface area contributed by atoms with Crippen molar-refractivity contribution in [2.24, 2.45) is 10.2 Å². The third-order valence-electron chi connectivity index (χ3n) is 4.76. The Kier molecular flexibility index (Phi) is 6.80. The number of hydrogen-bond acceptors (Lipinski definition) is 8. The Bertz CT molecular complexity index is 1230.